The largest absolute Gasteiger partial charge is 0.362 e. The van der Waals surface area contributed by atoms with Gasteiger partial charge in [0.1, 0.15) is 6.73 Å². The second-order valence-corrected chi connectivity index (χ2v) is 4.02. The van der Waals surface area contributed by atoms with Crippen molar-refractivity contribution in [3.8, 4) is 0 Å². The summed E-state index contributed by atoms with van der Waals surface area (Å²) in [5.41, 5.74) is 2.40. The number of rotatable bonds is 8. The van der Waals surface area contributed by atoms with Crippen LogP contribution in [-0.4, -0.2) is 26.3 Å². The average molecular weight is 250 g/mol. The summed E-state index contributed by atoms with van der Waals surface area (Å²) in [6, 6.07) is 8.20. The van der Waals surface area contributed by atoms with Gasteiger partial charge in [-0.3, -0.25) is 4.79 Å². The fourth-order valence-corrected chi connectivity index (χ4v) is 1.66. The van der Waals surface area contributed by atoms with Gasteiger partial charge in [0.25, 0.3) is 0 Å². The molecule has 1 amide bonds. The number of carbonyl (C=O) groups excluding carboxylic acids is 1. The highest BCUT2D eigenvalue weighted by atomic mass is 16.5. The summed E-state index contributed by atoms with van der Waals surface area (Å²) in [7, 11) is 1.65. The van der Waals surface area contributed by atoms with Crippen LogP contribution in [0.3, 0.4) is 0 Å². The van der Waals surface area contributed by atoms with Gasteiger partial charge in [0.05, 0.1) is 0 Å². The van der Waals surface area contributed by atoms with E-state index in [1.165, 1.54) is 5.56 Å². The standard InChI is InChI=1S/C14H22N2O2/c1-3-12-7-4-5-8-13(12)16-11-18-10-6-9-14(17)15-2/h4-5,7-8,16H,3,6,9-11H2,1-2H3,(H,15,17). The smallest absolute Gasteiger partial charge is 0.219 e. The topological polar surface area (TPSA) is 50.4 Å². The molecule has 1 aromatic rings. The van der Waals surface area contributed by atoms with Gasteiger partial charge in [0.15, 0.2) is 0 Å². The Hall–Kier alpha value is -1.55. The van der Waals surface area contributed by atoms with E-state index in [4.69, 9.17) is 4.74 Å². The van der Waals surface area contributed by atoms with Gasteiger partial charge in [-0.15, -0.1) is 0 Å². The number of anilines is 1. The van der Waals surface area contributed by atoms with Crippen LogP contribution in [0.25, 0.3) is 0 Å². The molecule has 0 saturated carbocycles. The monoisotopic (exact) mass is 250 g/mol. The van der Waals surface area contributed by atoms with E-state index >= 15 is 0 Å². The number of carbonyl (C=O) groups is 1. The third-order valence-electron chi connectivity index (χ3n) is 2.73. The Morgan fingerprint density at radius 3 is 2.83 bits per heavy atom. The van der Waals surface area contributed by atoms with Crippen LogP contribution in [0.2, 0.25) is 0 Å². The zero-order chi connectivity index (χ0) is 13.2. The zero-order valence-corrected chi connectivity index (χ0v) is 11.2. The summed E-state index contributed by atoms with van der Waals surface area (Å²) in [6.07, 6.45) is 2.26. The molecule has 0 saturated heterocycles. The molecule has 1 rings (SSSR count). The fraction of sp³-hybridized carbons (Fsp3) is 0.500. The molecule has 4 heteroatoms. The Morgan fingerprint density at radius 2 is 2.11 bits per heavy atom. The van der Waals surface area contributed by atoms with Gasteiger partial charge in [0.2, 0.25) is 5.91 Å². The number of hydrogen-bond donors (Lipinski definition) is 2. The molecule has 4 nitrogen and oxygen atoms in total. The van der Waals surface area contributed by atoms with Crippen LogP contribution in [0.4, 0.5) is 5.69 Å². The minimum absolute atomic E-state index is 0.0582. The van der Waals surface area contributed by atoms with Gasteiger partial charge in [-0.2, -0.15) is 0 Å². The van der Waals surface area contributed by atoms with Crippen molar-refractivity contribution in [2.45, 2.75) is 26.2 Å². The molecule has 100 valence electrons. The second-order valence-electron chi connectivity index (χ2n) is 4.02. The third kappa shape index (κ3) is 5.19. The number of amides is 1. The Labute approximate surface area is 109 Å². The Bertz CT molecular complexity index is 367. The van der Waals surface area contributed by atoms with Crippen LogP contribution in [0.15, 0.2) is 24.3 Å². The summed E-state index contributed by atoms with van der Waals surface area (Å²) in [4.78, 5) is 11.0. The predicted octanol–water partition coefficient (Wildman–Crippen LogP) is 2.16. The number of aryl methyl sites for hydroxylation is 1. The normalized spacial score (nSPS) is 10.1. The lowest BCUT2D eigenvalue weighted by atomic mass is 10.1. The highest BCUT2D eigenvalue weighted by Crippen LogP contribution is 2.14. The molecular formula is C14H22N2O2. The van der Waals surface area contributed by atoms with Crippen LogP contribution in [0.1, 0.15) is 25.3 Å². The van der Waals surface area contributed by atoms with Gasteiger partial charge in [0, 0.05) is 25.8 Å². The van der Waals surface area contributed by atoms with Gasteiger partial charge in [-0.25, -0.2) is 0 Å². The molecule has 0 radical (unpaired) electrons. The molecule has 1 aromatic carbocycles. The molecule has 0 atom stereocenters. The van der Waals surface area contributed by atoms with Crippen molar-refractivity contribution in [2.24, 2.45) is 0 Å². The minimum Gasteiger partial charge on any atom is -0.362 e. The highest BCUT2D eigenvalue weighted by molar-refractivity contribution is 5.75. The van der Waals surface area contributed by atoms with E-state index in [1.54, 1.807) is 7.05 Å². The zero-order valence-electron chi connectivity index (χ0n) is 11.2. The van der Waals surface area contributed by atoms with E-state index in [2.05, 4.69) is 23.6 Å². The Kier molecular flexibility index (Phi) is 6.87. The number of para-hydroxylation sites is 1. The second kappa shape index (κ2) is 8.53. The van der Waals surface area contributed by atoms with Crippen LogP contribution < -0.4 is 10.6 Å². The molecule has 0 aromatic heterocycles. The first kappa shape index (κ1) is 14.5. The highest BCUT2D eigenvalue weighted by Gasteiger charge is 1.99. The van der Waals surface area contributed by atoms with Gasteiger partial charge in [-0.1, -0.05) is 25.1 Å². The van der Waals surface area contributed by atoms with Crippen molar-refractivity contribution in [3.05, 3.63) is 29.8 Å². The molecule has 0 aliphatic rings. The molecule has 0 spiro atoms. The quantitative estimate of drug-likeness (QED) is 0.549. The molecule has 0 bridgehead atoms. The Balaban J connectivity index is 2.16. The van der Waals surface area contributed by atoms with Gasteiger partial charge >= 0.3 is 0 Å². The molecule has 0 aliphatic carbocycles. The van der Waals surface area contributed by atoms with Crippen LogP contribution >= 0.6 is 0 Å². The average Bonchev–Trinajstić information content (AvgIpc) is 2.42. The summed E-state index contributed by atoms with van der Waals surface area (Å²) in [6.45, 7) is 3.20. The third-order valence-corrected chi connectivity index (χ3v) is 2.73. The number of nitrogens with one attached hydrogen (secondary N) is 2. The maximum absolute atomic E-state index is 11.0. The first-order chi connectivity index (χ1) is 8.77. The van der Waals surface area contributed by atoms with Crippen molar-refractivity contribution >= 4 is 11.6 Å². The molecule has 0 aliphatic heterocycles. The molecule has 0 unspecified atom stereocenters. The molecule has 2 N–H and O–H groups in total. The molecular weight excluding hydrogens is 228 g/mol. The van der Waals surface area contributed by atoms with E-state index in [0.717, 1.165) is 18.5 Å². The summed E-state index contributed by atoms with van der Waals surface area (Å²) >= 11 is 0. The van der Waals surface area contributed by atoms with Crippen LogP contribution in [0, 0.1) is 0 Å². The van der Waals surface area contributed by atoms with E-state index in [0.29, 0.717) is 19.8 Å². The van der Waals surface area contributed by atoms with Gasteiger partial charge < -0.3 is 15.4 Å². The maximum Gasteiger partial charge on any atom is 0.219 e. The molecule has 18 heavy (non-hydrogen) atoms. The fourth-order valence-electron chi connectivity index (χ4n) is 1.66. The summed E-state index contributed by atoms with van der Waals surface area (Å²) in [5, 5.41) is 5.83. The van der Waals surface area contributed by atoms with E-state index in [9.17, 15) is 4.79 Å². The van der Waals surface area contributed by atoms with Crippen LogP contribution in [-0.2, 0) is 16.0 Å². The lowest BCUT2D eigenvalue weighted by molar-refractivity contribution is -0.120. The first-order valence-electron chi connectivity index (χ1n) is 6.38. The molecule has 0 heterocycles. The van der Waals surface area contributed by atoms with E-state index in [-0.39, 0.29) is 5.91 Å². The van der Waals surface area contributed by atoms with E-state index in [1.807, 2.05) is 18.2 Å². The summed E-state index contributed by atoms with van der Waals surface area (Å²) < 4.78 is 5.44. The SMILES string of the molecule is CCc1ccccc1NCOCCCC(=O)NC. The van der Waals surface area contributed by atoms with E-state index < -0.39 is 0 Å². The van der Waals surface area contributed by atoms with Crippen molar-refractivity contribution in [1.82, 2.24) is 5.32 Å². The molecule has 0 fully saturated rings. The maximum atomic E-state index is 11.0. The number of benzene rings is 1. The minimum atomic E-state index is 0.0582. The van der Waals surface area contributed by atoms with Crippen molar-refractivity contribution < 1.29 is 9.53 Å². The van der Waals surface area contributed by atoms with Crippen molar-refractivity contribution in [3.63, 3.8) is 0 Å². The lowest BCUT2D eigenvalue weighted by Gasteiger charge is -2.11. The first-order valence-corrected chi connectivity index (χ1v) is 6.38. The van der Waals surface area contributed by atoms with Crippen molar-refractivity contribution in [1.29, 1.82) is 0 Å². The lowest BCUT2D eigenvalue weighted by Crippen LogP contribution is -2.18. The van der Waals surface area contributed by atoms with Gasteiger partial charge in [-0.05, 0) is 24.5 Å². The Morgan fingerprint density at radius 1 is 1.33 bits per heavy atom. The predicted molar refractivity (Wildman–Crippen MR) is 73.6 cm³/mol. The number of ether oxygens (including phenoxy) is 1. The van der Waals surface area contributed by atoms with Crippen molar-refractivity contribution in [2.75, 3.05) is 25.7 Å². The summed E-state index contributed by atoms with van der Waals surface area (Å²) in [5.74, 6) is 0.0582. The number of hydrogen-bond acceptors (Lipinski definition) is 3. The van der Waals surface area contributed by atoms with Crippen LogP contribution in [0.5, 0.6) is 0 Å².